The maximum absolute atomic E-state index is 14.0. The summed E-state index contributed by atoms with van der Waals surface area (Å²) < 4.78 is 19.5. The Morgan fingerprint density at radius 3 is 2.90 bits per heavy atom. The summed E-state index contributed by atoms with van der Waals surface area (Å²) in [6.07, 6.45) is 3.64. The molecular weight excluding hydrogens is 313 g/mol. The molecule has 0 spiro atoms. The Bertz CT molecular complexity index is 565. The molecule has 1 heterocycles. The molecule has 21 heavy (non-hydrogen) atoms. The first kappa shape index (κ1) is 16.0. The second kappa shape index (κ2) is 7.04. The van der Waals surface area contributed by atoms with Crippen molar-refractivity contribution in [2.45, 2.75) is 32.8 Å². The van der Waals surface area contributed by atoms with E-state index in [9.17, 15) is 4.39 Å². The molecule has 0 aromatic heterocycles. The molecule has 7 heteroatoms. The number of ether oxygens (including phenoxy) is 1. The minimum Gasteiger partial charge on any atom is -0.489 e. The lowest BCUT2D eigenvalue weighted by molar-refractivity contribution is 0.242. The fourth-order valence-corrected chi connectivity index (χ4v) is 2.29. The molecule has 0 radical (unpaired) electrons. The fourth-order valence-electron chi connectivity index (χ4n) is 1.85. The van der Waals surface area contributed by atoms with Crippen LogP contribution in [0.1, 0.15) is 26.7 Å². The molecule has 4 nitrogen and oxygen atoms in total. The van der Waals surface area contributed by atoms with Crippen molar-refractivity contribution in [2.24, 2.45) is 5.10 Å². The molecule has 0 saturated heterocycles. The number of hydrogen-bond donors (Lipinski definition) is 1. The molecule has 2 rings (SSSR count). The molecule has 0 saturated carbocycles. The van der Waals surface area contributed by atoms with E-state index >= 15 is 0 Å². The number of thiocarbonyl (C=S) groups is 1. The molecular formula is C14H17ClFN3OS. The molecule has 0 aliphatic carbocycles. The number of nitrogens with one attached hydrogen (secondary N) is 1. The molecule has 0 fully saturated rings. The van der Waals surface area contributed by atoms with Gasteiger partial charge in [0.1, 0.15) is 11.6 Å². The zero-order valence-electron chi connectivity index (χ0n) is 11.9. The Labute approximate surface area is 133 Å². The Kier molecular flexibility index (Phi) is 5.36. The van der Waals surface area contributed by atoms with E-state index in [1.807, 2.05) is 13.8 Å². The smallest absolute Gasteiger partial charge is 0.194 e. The molecule has 0 amide bonds. The van der Waals surface area contributed by atoms with Gasteiger partial charge in [0.05, 0.1) is 16.8 Å². The number of hydrogen-bond acceptors (Lipinski definition) is 3. The van der Waals surface area contributed by atoms with Crippen LogP contribution in [0, 0.1) is 5.82 Å². The van der Waals surface area contributed by atoms with Gasteiger partial charge in [-0.2, -0.15) is 5.10 Å². The van der Waals surface area contributed by atoms with Crippen molar-refractivity contribution >= 4 is 40.8 Å². The van der Waals surface area contributed by atoms with Crippen LogP contribution in [-0.2, 0) is 0 Å². The van der Waals surface area contributed by atoms with Crippen molar-refractivity contribution in [3.05, 3.63) is 23.0 Å². The van der Waals surface area contributed by atoms with Crippen molar-refractivity contribution in [3.8, 4) is 5.75 Å². The van der Waals surface area contributed by atoms with E-state index in [1.54, 1.807) is 11.2 Å². The standard InChI is InChI=1S/C14H17ClFN3OS/c1-9(2)20-13-8-12(11(16)7-10(13)15)18-14(21)19-6-4-3-5-17-19/h5,7-9H,3-4,6H2,1-2H3,(H,18,21). The lowest BCUT2D eigenvalue weighted by atomic mass is 10.2. The van der Waals surface area contributed by atoms with Crippen molar-refractivity contribution in [1.82, 2.24) is 5.01 Å². The molecule has 1 aromatic rings. The van der Waals surface area contributed by atoms with Gasteiger partial charge in [-0.1, -0.05) is 11.6 Å². The minimum atomic E-state index is -0.487. The SMILES string of the molecule is CC(C)Oc1cc(NC(=S)N2CCCC=N2)c(F)cc1Cl. The van der Waals surface area contributed by atoms with Gasteiger partial charge in [-0.25, -0.2) is 9.40 Å². The number of rotatable bonds is 3. The first-order valence-electron chi connectivity index (χ1n) is 6.74. The lowest BCUT2D eigenvalue weighted by Gasteiger charge is -2.23. The number of hydrazone groups is 1. The van der Waals surface area contributed by atoms with Crippen LogP contribution in [0.3, 0.4) is 0 Å². The monoisotopic (exact) mass is 329 g/mol. The highest BCUT2D eigenvalue weighted by Gasteiger charge is 2.15. The van der Waals surface area contributed by atoms with Crippen LogP contribution in [0.15, 0.2) is 17.2 Å². The van der Waals surface area contributed by atoms with Gasteiger partial charge in [0.15, 0.2) is 5.11 Å². The van der Waals surface area contributed by atoms with Crippen molar-refractivity contribution in [2.75, 3.05) is 11.9 Å². The van der Waals surface area contributed by atoms with Gasteiger partial charge in [-0.15, -0.1) is 0 Å². The van der Waals surface area contributed by atoms with Gasteiger partial charge >= 0.3 is 0 Å². The second-order valence-electron chi connectivity index (χ2n) is 4.92. The van der Waals surface area contributed by atoms with Crippen LogP contribution >= 0.6 is 23.8 Å². The average molecular weight is 330 g/mol. The van der Waals surface area contributed by atoms with E-state index in [4.69, 9.17) is 28.6 Å². The first-order valence-corrected chi connectivity index (χ1v) is 7.52. The van der Waals surface area contributed by atoms with Crippen molar-refractivity contribution < 1.29 is 9.13 Å². The maximum atomic E-state index is 14.0. The lowest BCUT2D eigenvalue weighted by Crippen LogP contribution is -2.33. The molecule has 1 N–H and O–H groups in total. The normalized spacial score (nSPS) is 14.4. The van der Waals surface area contributed by atoms with Crippen molar-refractivity contribution in [1.29, 1.82) is 0 Å². The number of benzene rings is 1. The predicted molar refractivity (Wildman–Crippen MR) is 87.8 cm³/mol. The van der Waals surface area contributed by atoms with E-state index in [1.165, 1.54) is 12.1 Å². The highest BCUT2D eigenvalue weighted by atomic mass is 35.5. The maximum Gasteiger partial charge on any atom is 0.194 e. The van der Waals surface area contributed by atoms with Gasteiger partial charge < -0.3 is 10.1 Å². The third-order valence-corrected chi connectivity index (χ3v) is 3.39. The zero-order valence-corrected chi connectivity index (χ0v) is 13.5. The Morgan fingerprint density at radius 1 is 1.52 bits per heavy atom. The summed E-state index contributed by atoms with van der Waals surface area (Å²) in [5.74, 6) is -0.0695. The van der Waals surface area contributed by atoms with Gasteiger partial charge in [-0.3, -0.25) is 0 Å². The summed E-state index contributed by atoms with van der Waals surface area (Å²) >= 11 is 11.2. The van der Waals surface area contributed by atoms with Crippen LogP contribution in [0.4, 0.5) is 10.1 Å². The van der Waals surface area contributed by atoms with Crippen LogP contribution in [0.5, 0.6) is 5.75 Å². The Balaban J connectivity index is 2.16. The van der Waals surface area contributed by atoms with Gasteiger partial charge in [-0.05, 0) is 45.0 Å². The van der Waals surface area contributed by atoms with Crippen LogP contribution in [0.2, 0.25) is 5.02 Å². The molecule has 0 unspecified atom stereocenters. The van der Waals surface area contributed by atoms with E-state index in [-0.39, 0.29) is 16.8 Å². The van der Waals surface area contributed by atoms with Crippen LogP contribution in [-0.4, -0.2) is 29.0 Å². The van der Waals surface area contributed by atoms with E-state index in [2.05, 4.69) is 10.4 Å². The highest BCUT2D eigenvalue weighted by molar-refractivity contribution is 7.80. The summed E-state index contributed by atoms with van der Waals surface area (Å²) in [6, 6.07) is 2.72. The number of halogens is 2. The molecule has 1 aliphatic heterocycles. The number of nitrogens with zero attached hydrogens (tertiary/aromatic N) is 2. The van der Waals surface area contributed by atoms with E-state index < -0.39 is 5.82 Å². The highest BCUT2D eigenvalue weighted by Crippen LogP contribution is 2.31. The fraction of sp³-hybridized carbons (Fsp3) is 0.429. The van der Waals surface area contributed by atoms with Crippen LogP contribution in [0.25, 0.3) is 0 Å². The predicted octanol–water partition coefficient (Wildman–Crippen LogP) is 4.04. The quantitative estimate of drug-likeness (QED) is 0.849. The van der Waals surface area contributed by atoms with Gasteiger partial charge in [0, 0.05) is 18.8 Å². The first-order chi connectivity index (χ1) is 9.97. The van der Waals surface area contributed by atoms with E-state index in [0.717, 1.165) is 12.8 Å². The summed E-state index contributed by atoms with van der Waals surface area (Å²) in [5, 5.41) is 9.23. The molecule has 1 aromatic carbocycles. The molecule has 0 atom stereocenters. The average Bonchev–Trinajstić information content (AvgIpc) is 2.44. The summed E-state index contributed by atoms with van der Waals surface area (Å²) in [4.78, 5) is 0. The molecule has 1 aliphatic rings. The van der Waals surface area contributed by atoms with Gasteiger partial charge in [0.2, 0.25) is 0 Å². The summed E-state index contributed by atoms with van der Waals surface area (Å²) in [6.45, 7) is 4.46. The van der Waals surface area contributed by atoms with Crippen LogP contribution < -0.4 is 10.1 Å². The second-order valence-corrected chi connectivity index (χ2v) is 5.72. The van der Waals surface area contributed by atoms with Crippen molar-refractivity contribution in [3.63, 3.8) is 0 Å². The third kappa shape index (κ3) is 4.28. The topological polar surface area (TPSA) is 36.9 Å². The number of anilines is 1. The zero-order chi connectivity index (χ0) is 15.4. The Hall–Kier alpha value is -1.40. The molecule has 0 bridgehead atoms. The minimum absolute atomic E-state index is 0.0561. The third-order valence-electron chi connectivity index (χ3n) is 2.78. The summed E-state index contributed by atoms with van der Waals surface area (Å²) in [5.41, 5.74) is 0.223. The largest absolute Gasteiger partial charge is 0.489 e. The van der Waals surface area contributed by atoms with Gasteiger partial charge in [0.25, 0.3) is 0 Å². The molecule has 114 valence electrons. The Morgan fingerprint density at radius 2 is 2.29 bits per heavy atom. The van der Waals surface area contributed by atoms with E-state index in [0.29, 0.717) is 17.4 Å². The summed E-state index contributed by atoms with van der Waals surface area (Å²) in [7, 11) is 0.